The molecule has 0 bridgehead atoms. The maximum atomic E-state index is 14.1. The molecule has 0 radical (unpaired) electrons. The normalized spacial score (nSPS) is 20.4. The molecule has 0 aliphatic carbocycles. The molecule has 0 unspecified atom stereocenters. The second kappa shape index (κ2) is 9.68. The van der Waals surface area contributed by atoms with Crippen molar-refractivity contribution < 1.29 is 23.4 Å². The first-order chi connectivity index (χ1) is 16.9. The number of carbonyl (C=O) groups excluding carboxylic acids is 1. The number of aliphatic hydroxyl groups excluding tert-OH is 1. The number of anilines is 1. The van der Waals surface area contributed by atoms with Crippen molar-refractivity contribution in [2.75, 3.05) is 31.6 Å². The topological polar surface area (TPSA) is 120 Å². The minimum Gasteiger partial charge on any atom is -0.480 e. The molecule has 5 rings (SSSR count). The molecule has 2 atom stereocenters. The molecule has 2 aliphatic rings. The van der Waals surface area contributed by atoms with Gasteiger partial charge >= 0.3 is 0 Å². The molecule has 184 valence electrons. The number of halogens is 2. The number of aromatic nitrogens is 2. The Morgan fingerprint density at radius 1 is 1.23 bits per heavy atom. The fourth-order valence-corrected chi connectivity index (χ4v) is 4.52. The summed E-state index contributed by atoms with van der Waals surface area (Å²) >= 11 is 0. The predicted molar refractivity (Wildman–Crippen MR) is 124 cm³/mol. The summed E-state index contributed by atoms with van der Waals surface area (Å²) in [5.41, 5.74) is 0.875. The van der Waals surface area contributed by atoms with Gasteiger partial charge < -0.3 is 30.4 Å². The Morgan fingerprint density at radius 3 is 2.91 bits per heavy atom. The highest BCUT2D eigenvalue weighted by Crippen LogP contribution is 2.25. The van der Waals surface area contributed by atoms with Gasteiger partial charge in [0.15, 0.2) is 18.2 Å². The molecule has 1 amide bonds. The molecule has 0 saturated carbocycles. The number of amides is 1. The van der Waals surface area contributed by atoms with Gasteiger partial charge in [-0.15, -0.1) is 0 Å². The van der Waals surface area contributed by atoms with E-state index < -0.39 is 17.7 Å². The van der Waals surface area contributed by atoms with E-state index in [1.54, 1.807) is 6.07 Å². The number of fused-ring (bicyclic) bond motifs is 2. The number of pyridine rings is 2. The molecule has 2 aromatic heterocycles. The summed E-state index contributed by atoms with van der Waals surface area (Å²) in [5, 5.41) is 16.8. The second-order valence-electron chi connectivity index (χ2n) is 8.85. The van der Waals surface area contributed by atoms with Gasteiger partial charge in [0.2, 0.25) is 0 Å². The average Bonchev–Trinajstić information content (AvgIpc) is 2.82. The number of rotatable bonds is 6. The Morgan fingerprint density at radius 2 is 2.09 bits per heavy atom. The van der Waals surface area contributed by atoms with Crippen LogP contribution in [-0.4, -0.2) is 64.3 Å². The van der Waals surface area contributed by atoms with Crippen LogP contribution in [0.1, 0.15) is 17.7 Å². The number of β-amino-alcohol motifs (C(OH)–C–C–N with tert-alkyl or cyclic N) is 1. The average molecular weight is 485 g/mol. The summed E-state index contributed by atoms with van der Waals surface area (Å²) in [6, 6.07) is 6.79. The van der Waals surface area contributed by atoms with Crippen LogP contribution < -0.4 is 20.9 Å². The Labute approximate surface area is 199 Å². The molecule has 35 heavy (non-hydrogen) atoms. The lowest BCUT2D eigenvalue weighted by molar-refractivity contribution is -0.118. The van der Waals surface area contributed by atoms with Crippen LogP contribution in [-0.2, 0) is 17.8 Å². The molecule has 1 saturated heterocycles. The number of aliphatic hydroxyl groups is 1. The van der Waals surface area contributed by atoms with Gasteiger partial charge in [0.05, 0.1) is 17.3 Å². The van der Waals surface area contributed by atoms with Gasteiger partial charge in [-0.05, 0) is 43.7 Å². The van der Waals surface area contributed by atoms with Crippen LogP contribution in [0.15, 0.2) is 35.1 Å². The van der Waals surface area contributed by atoms with Crippen molar-refractivity contribution >= 4 is 22.6 Å². The monoisotopic (exact) mass is 485 g/mol. The minimum absolute atomic E-state index is 0.0246. The number of piperidine rings is 1. The Bertz CT molecular complexity index is 1330. The second-order valence-corrected chi connectivity index (χ2v) is 8.85. The molecule has 1 fully saturated rings. The van der Waals surface area contributed by atoms with Crippen LogP contribution in [0.2, 0.25) is 0 Å². The summed E-state index contributed by atoms with van der Waals surface area (Å²) in [5.74, 6) is -0.788. The zero-order valence-corrected chi connectivity index (χ0v) is 18.8. The molecule has 4 N–H and O–H groups in total. The number of carbonyl (C=O) groups is 1. The van der Waals surface area contributed by atoms with Crippen LogP contribution >= 0.6 is 0 Å². The van der Waals surface area contributed by atoms with E-state index in [0.29, 0.717) is 61.8 Å². The zero-order valence-electron chi connectivity index (χ0n) is 18.8. The van der Waals surface area contributed by atoms with E-state index in [1.807, 2.05) is 6.07 Å². The van der Waals surface area contributed by atoms with Crippen molar-refractivity contribution in [2.24, 2.45) is 0 Å². The third kappa shape index (κ3) is 5.16. The summed E-state index contributed by atoms with van der Waals surface area (Å²) in [7, 11) is 0. The first-order valence-electron chi connectivity index (χ1n) is 11.4. The van der Waals surface area contributed by atoms with Crippen molar-refractivity contribution in [2.45, 2.75) is 31.5 Å². The number of likely N-dealkylation sites (tertiary alicyclic amines) is 1. The van der Waals surface area contributed by atoms with Crippen molar-refractivity contribution in [1.82, 2.24) is 20.2 Å². The van der Waals surface area contributed by atoms with Gasteiger partial charge in [-0.2, -0.15) is 0 Å². The molecular weight excluding hydrogens is 460 g/mol. The van der Waals surface area contributed by atoms with Crippen LogP contribution in [0.4, 0.5) is 14.6 Å². The van der Waals surface area contributed by atoms with E-state index >= 15 is 0 Å². The van der Waals surface area contributed by atoms with Crippen molar-refractivity contribution in [3.8, 4) is 5.75 Å². The van der Waals surface area contributed by atoms with Crippen LogP contribution in [0.5, 0.6) is 5.75 Å². The predicted octanol–water partition coefficient (Wildman–Crippen LogP) is 1.30. The van der Waals surface area contributed by atoms with Gasteiger partial charge in [0.25, 0.3) is 11.5 Å². The quantitative estimate of drug-likeness (QED) is 0.416. The molecular formula is C24H25F2N5O4. The third-order valence-corrected chi connectivity index (χ3v) is 6.39. The Balaban J connectivity index is 1.15. The van der Waals surface area contributed by atoms with Gasteiger partial charge in [-0.1, -0.05) is 0 Å². The smallest absolute Gasteiger partial charge is 0.263 e. The summed E-state index contributed by atoms with van der Waals surface area (Å²) in [6.07, 6.45) is 0.438. The van der Waals surface area contributed by atoms with Crippen LogP contribution in [0.25, 0.3) is 10.9 Å². The van der Waals surface area contributed by atoms with Gasteiger partial charge in [-0.3, -0.25) is 9.59 Å². The lowest BCUT2D eigenvalue weighted by Crippen LogP contribution is -2.52. The maximum Gasteiger partial charge on any atom is 0.263 e. The zero-order chi connectivity index (χ0) is 24.5. The first kappa shape index (κ1) is 23.3. The lowest BCUT2D eigenvalue weighted by Gasteiger charge is -2.36. The highest BCUT2D eigenvalue weighted by atomic mass is 19.1. The maximum absolute atomic E-state index is 14.1. The van der Waals surface area contributed by atoms with Crippen molar-refractivity contribution in [1.29, 1.82) is 0 Å². The first-order valence-corrected chi connectivity index (χ1v) is 11.4. The Kier molecular flexibility index (Phi) is 6.46. The lowest BCUT2D eigenvalue weighted by atomic mass is 10.0. The molecule has 2 aliphatic heterocycles. The highest BCUT2D eigenvalue weighted by Gasteiger charge is 2.27. The third-order valence-electron chi connectivity index (χ3n) is 6.39. The fraction of sp³-hybridized carbons (Fsp3) is 0.375. The number of nitrogens with zero attached hydrogens (tertiary/aromatic N) is 2. The van der Waals surface area contributed by atoms with Crippen LogP contribution in [0.3, 0.4) is 0 Å². The number of H-pyrrole nitrogens is 1. The summed E-state index contributed by atoms with van der Waals surface area (Å²) in [4.78, 5) is 32.8. The van der Waals surface area contributed by atoms with Crippen molar-refractivity contribution in [3.63, 3.8) is 0 Å². The largest absolute Gasteiger partial charge is 0.480 e. The SMILES string of the molecule is O=C1COc2ccc(CN[C@@H]3CCN(CCc4cc5c(F)cc(F)cc5[nH]c4=O)C[C@@H]3O)nc2N1. The van der Waals surface area contributed by atoms with Gasteiger partial charge in [-0.25, -0.2) is 13.8 Å². The van der Waals surface area contributed by atoms with Gasteiger partial charge in [0, 0.05) is 42.7 Å². The number of ether oxygens (including phenoxy) is 1. The summed E-state index contributed by atoms with van der Waals surface area (Å²) in [6.45, 7) is 2.05. The molecule has 9 nitrogen and oxygen atoms in total. The fourth-order valence-electron chi connectivity index (χ4n) is 4.52. The molecule has 11 heteroatoms. The number of hydrogen-bond acceptors (Lipinski definition) is 7. The van der Waals surface area contributed by atoms with E-state index in [2.05, 4.69) is 25.5 Å². The number of nitrogens with one attached hydrogen (secondary N) is 3. The number of hydrogen-bond donors (Lipinski definition) is 4. The molecule has 1 aromatic carbocycles. The molecule has 3 aromatic rings. The Hall–Kier alpha value is -3.41. The van der Waals surface area contributed by atoms with Gasteiger partial charge in [0.1, 0.15) is 11.6 Å². The number of benzene rings is 1. The van der Waals surface area contributed by atoms with Crippen LogP contribution in [0, 0.1) is 11.6 Å². The van der Waals surface area contributed by atoms with E-state index in [0.717, 1.165) is 12.1 Å². The standard InChI is InChI=1S/C24H25F2N5O4/c25-14-8-17(26)16-7-13(24(34)29-19(16)9-14)3-5-31-6-4-18(20(32)11-31)27-10-15-1-2-21-23(28-15)30-22(33)12-35-21/h1-2,7-9,18,20,27,32H,3-6,10-12H2,(H,29,34)(H,28,30,33)/t18-,20+/m1/s1. The number of aromatic amines is 1. The highest BCUT2D eigenvalue weighted by molar-refractivity contribution is 5.94. The minimum atomic E-state index is -0.743. The van der Waals surface area contributed by atoms with Crippen molar-refractivity contribution in [3.05, 3.63) is 63.6 Å². The molecule has 4 heterocycles. The van der Waals surface area contributed by atoms with E-state index in [1.165, 1.54) is 6.07 Å². The van der Waals surface area contributed by atoms with E-state index in [4.69, 9.17) is 4.74 Å². The molecule has 0 spiro atoms. The van der Waals surface area contributed by atoms with E-state index in [9.17, 15) is 23.5 Å². The summed E-state index contributed by atoms with van der Waals surface area (Å²) < 4.78 is 32.8. The van der Waals surface area contributed by atoms with E-state index in [-0.39, 0.29) is 35.0 Å².